The van der Waals surface area contributed by atoms with E-state index < -0.39 is 9.84 Å². The largest absolute Gasteiger partial charge is 0.303 e. The Bertz CT molecular complexity index is 882. The van der Waals surface area contributed by atoms with Crippen LogP contribution in [0.5, 0.6) is 0 Å². The molecule has 29 heavy (non-hydrogen) atoms. The van der Waals surface area contributed by atoms with Crippen molar-refractivity contribution in [2.45, 2.75) is 55.6 Å². The summed E-state index contributed by atoms with van der Waals surface area (Å²) in [7, 11) is -3.29. The quantitative estimate of drug-likeness (QED) is 0.655. The number of likely N-dealkylation sites (tertiary alicyclic amines) is 1. The fraction of sp³-hybridized carbons (Fsp3) is 0.478. The molecule has 1 aliphatic heterocycles. The second-order valence-electron chi connectivity index (χ2n) is 8.74. The summed E-state index contributed by atoms with van der Waals surface area (Å²) in [5, 5.41) is -0.310. The van der Waals surface area contributed by atoms with Crippen LogP contribution in [0.4, 0.5) is 4.39 Å². The predicted molar refractivity (Wildman–Crippen MR) is 119 cm³/mol. The van der Waals surface area contributed by atoms with Gasteiger partial charge in [0.1, 0.15) is 5.82 Å². The topological polar surface area (TPSA) is 37.4 Å². The Morgan fingerprint density at radius 1 is 0.966 bits per heavy atom. The van der Waals surface area contributed by atoms with Gasteiger partial charge in [0.15, 0.2) is 9.84 Å². The summed E-state index contributed by atoms with van der Waals surface area (Å²) < 4.78 is 39.0. The Kier molecular flexibility index (Phi) is 7.88. The van der Waals surface area contributed by atoms with Gasteiger partial charge in [0.05, 0.1) is 10.1 Å². The molecule has 0 aromatic heterocycles. The van der Waals surface area contributed by atoms with E-state index in [0.717, 1.165) is 37.2 Å². The third-order valence-corrected chi connectivity index (χ3v) is 7.93. The normalized spacial score (nSPS) is 16.4. The first-order chi connectivity index (χ1) is 13.2. The predicted octanol–water partition coefficient (Wildman–Crippen LogP) is 5.03. The van der Waals surface area contributed by atoms with Crippen molar-refractivity contribution < 1.29 is 12.8 Å². The van der Waals surface area contributed by atoms with E-state index in [4.69, 9.17) is 0 Å². The number of hydrogen-bond acceptors (Lipinski definition) is 3. The maximum atomic E-state index is 13.0. The molecule has 2 aromatic rings. The summed E-state index contributed by atoms with van der Waals surface area (Å²) in [4.78, 5) is 2.74. The van der Waals surface area contributed by atoms with Gasteiger partial charge in [0.25, 0.3) is 0 Å². The van der Waals surface area contributed by atoms with Gasteiger partial charge in [-0.3, -0.25) is 0 Å². The van der Waals surface area contributed by atoms with Crippen LogP contribution in [0.1, 0.15) is 44.7 Å². The molecule has 0 saturated carbocycles. The molecule has 0 atom stereocenters. The zero-order valence-electron chi connectivity index (χ0n) is 17.4. The molecule has 0 radical (unpaired) electrons. The van der Waals surface area contributed by atoms with Gasteiger partial charge in [-0.1, -0.05) is 45.0 Å². The summed E-state index contributed by atoms with van der Waals surface area (Å²) in [5.74, 6) is -0.217. The number of hydrogen-bond donors (Lipinski definition) is 0. The van der Waals surface area contributed by atoms with Crippen molar-refractivity contribution in [3.63, 3.8) is 0 Å². The van der Waals surface area contributed by atoms with E-state index in [1.54, 1.807) is 12.1 Å². The van der Waals surface area contributed by atoms with Crippen LogP contribution in [-0.2, 0) is 21.7 Å². The minimum absolute atomic E-state index is 0. The molecule has 0 unspecified atom stereocenters. The zero-order chi connectivity index (χ0) is 20.4. The van der Waals surface area contributed by atoms with Crippen LogP contribution in [0, 0.1) is 5.82 Å². The van der Waals surface area contributed by atoms with Crippen LogP contribution in [-0.4, -0.2) is 38.2 Å². The molecule has 1 fully saturated rings. The van der Waals surface area contributed by atoms with E-state index in [2.05, 4.69) is 25.7 Å². The molecule has 1 heterocycles. The lowest BCUT2D eigenvalue weighted by molar-refractivity contribution is 0.232. The Morgan fingerprint density at radius 3 is 2.03 bits per heavy atom. The van der Waals surface area contributed by atoms with Gasteiger partial charge in [0, 0.05) is 6.54 Å². The zero-order valence-corrected chi connectivity index (χ0v) is 19.0. The number of piperidine rings is 1. The van der Waals surface area contributed by atoms with E-state index in [1.807, 2.05) is 24.3 Å². The third kappa shape index (κ3) is 6.03. The Balaban J connectivity index is 0.00000300. The SMILES string of the molecule is CC(C)(C)c1ccc(S(=O)(=O)C2CCN(CCc3ccc(F)cc3)CC2)cc1.Cl. The van der Waals surface area contributed by atoms with Crippen molar-refractivity contribution in [1.82, 2.24) is 4.90 Å². The van der Waals surface area contributed by atoms with Crippen molar-refractivity contribution in [3.05, 3.63) is 65.5 Å². The van der Waals surface area contributed by atoms with Gasteiger partial charge in [-0.05, 0) is 73.2 Å². The molecule has 1 aliphatic rings. The van der Waals surface area contributed by atoms with Crippen molar-refractivity contribution in [2.24, 2.45) is 0 Å². The molecule has 0 spiro atoms. The third-order valence-electron chi connectivity index (χ3n) is 5.65. The average Bonchev–Trinajstić information content (AvgIpc) is 2.67. The molecule has 160 valence electrons. The summed E-state index contributed by atoms with van der Waals surface area (Å²) in [6.45, 7) is 8.81. The first-order valence-electron chi connectivity index (χ1n) is 9.97. The maximum Gasteiger partial charge on any atom is 0.181 e. The molecule has 3 rings (SSSR count). The molecule has 2 aromatic carbocycles. The first-order valence-corrected chi connectivity index (χ1v) is 11.5. The van der Waals surface area contributed by atoms with Crippen molar-refractivity contribution in [2.75, 3.05) is 19.6 Å². The molecule has 6 heteroatoms. The lowest BCUT2D eigenvalue weighted by atomic mass is 9.87. The van der Waals surface area contributed by atoms with E-state index in [0.29, 0.717) is 17.7 Å². The summed E-state index contributed by atoms with van der Waals surface area (Å²) in [6.07, 6.45) is 2.17. The molecule has 1 saturated heterocycles. The Hall–Kier alpha value is -1.43. The summed E-state index contributed by atoms with van der Waals surface area (Å²) >= 11 is 0. The second kappa shape index (κ2) is 9.59. The molecular formula is C23H31ClFNO2S. The molecule has 3 nitrogen and oxygen atoms in total. The van der Waals surface area contributed by atoms with Gasteiger partial charge < -0.3 is 4.90 Å². The number of rotatable bonds is 5. The van der Waals surface area contributed by atoms with Crippen molar-refractivity contribution in [3.8, 4) is 0 Å². The van der Waals surface area contributed by atoms with Gasteiger partial charge >= 0.3 is 0 Å². The number of halogens is 2. The highest BCUT2D eigenvalue weighted by molar-refractivity contribution is 7.92. The Morgan fingerprint density at radius 2 is 1.52 bits per heavy atom. The fourth-order valence-corrected chi connectivity index (χ4v) is 5.45. The van der Waals surface area contributed by atoms with Gasteiger partial charge in [-0.15, -0.1) is 12.4 Å². The second-order valence-corrected chi connectivity index (χ2v) is 11.0. The first kappa shape index (κ1) is 23.8. The molecule has 0 bridgehead atoms. The molecule has 0 N–H and O–H groups in total. The van der Waals surface area contributed by atoms with Crippen LogP contribution in [0.3, 0.4) is 0 Å². The molecular weight excluding hydrogens is 409 g/mol. The highest BCUT2D eigenvalue weighted by atomic mass is 35.5. The van der Waals surface area contributed by atoms with Gasteiger partial charge in [-0.25, -0.2) is 12.8 Å². The highest BCUT2D eigenvalue weighted by Gasteiger charge is 2.31. The molecule has 0 amide bonds. The summed E-state index contributed by atoms with van der Waals surface area (Å²) in [5.41, 5.74) is 2.26. The van der Waals surface area contributed by atoms with E-state index in [-0.39, 0.29) is 28.9 Å². The fourth-order valence-electron chi connectivity index (χ4n) is 3.72. The van der Waals surface area contributed by atoms with Gasteiger partial charge in [-0.2, -0.15) is 0 Å². The summed E-state index contributed by atoms with van der Waals surface area (Å²) in [6, 6.07) is 14.0. The average molecular weight is 440 g/mol. The monoisotopic (exact) mass is 439 g/mol. The van der Waals surface area contributed by atoms with E-state index in [1.165, 1.54) is 12.1 Å². The lowest BCUT2D eigenvalue weighted by Crippen LogP contribution is -2.40. The minimum Gasteiger partial charge on any atom is -0.303 e. The lowest BCUT2D eigenvalue weighted by Gasteiger charge is -2.31. The van der Waals surface area contributed by atoms with E-state index in [9.17, 15) is 12.8 Å². The maximum absolute atomic E-state index is 13.0. The van der Waals surface area contributed by atoms with Gasteiger partial charge in [0.2, 0.25) is 0 Å². The molecule has 0 aliphatic carbocycles. The Labute approximate surface area is 180 Å². The minimum atomic E-state index is -3.29. The standard InChI is InChI=1S/C23H30FNO2S.ClH/c1-23(2,3)19-6-10-21(11-7-19)28(26,27)22-13-16-25(17-14-22)15-12-18-4-8-20(24)9-5-18;/h4-11,22H,12-17H2,1-3H3;1H. The van der Waals surface area contributed by atoms with Crippen molar-refractivity contribution in [1.29, 1.82) is 0 Å². The van der Waals surface area contributed by atoms with Crippen LogP contribution < -0.4 is 0 Å². The van der Waals surface area contributed by atoms with Crippen LogP contribution in [0.2, 0.25) is 0 Å². The number of nitrogens with zero attached hydrogens (tertiary/aromatic N) is 1. The van der Waals surface area contributed by atoms with E-state index >= 15 is 0 Å². The highest BCUT2D eigenvalue weighted by Crippen LogP contribution is 2.28. The van der Waals surface area contributed by atoms with Crippen LogP contribution in [0.15, 0.2) is 53.4 Å². The van der Waals surface area contributed by atoms with Crippen molar-refractivity contribution >= 4 is 22.2 Å². The van der Waals surface area contributed by atoms with Crippen LogP contribution >= 0.6 is 12.4 Å². The number of sulfone groups is 1. The smallest absolute Gasteiger partial charge is 0.181 e. The number of benzene rings is 2. The van der Waals surface area contributed by atoms with Crippen LogP contribution in [0.25, 0.3) is 0 Å².